The van der Waals surface area contributed by atoms with E-state index in [-0.39, 0.29) is 6.10 Å². The molecule has 3 rings (SSSR count). The number of fused-ring (bicyclic) bond motifs is 1. The van der Waals surface area contributed by atoms with Crippen LogP contribution in [0.4, 0.5) is 11.5 Å². The number of anilines is 2. The van der Waals surface area contributed by atoms with Gasteiger partial charge in [0.1, 0.15) is 5.82 Å². The van der Waals surface area contributed by atoms with Crippen molar-refractivity contribution >= 4 is 11.5 Å². The molecule has 0 spiro atoms. The Bertz CT molecular complexity index is 487. The molecule has 3 N–H and O–H groups in total. The van der Waals surface area contributed by atoms with Crippen molar-refractivity contribution in [1.29, 1.82) is 0 Å². The molecule has 6 heteroatoms. The number of rotatable bonds is 5. The number of aryl methyl sites for hydroxylation is 2. The first-order valence-corrected chi connectivity index (χ1v) is 8.11. The lowest BCUT2D eigenvalue weighted by molar-refractivity contribution is -0.0416. The molecule has 0 radical (unpaired) electrons. The largest absolute Gasteiger partial charge is 0.394 e. The molecule has 21 heavy (non-hydrogen) atoms. The van der Waals surface area contributed by atoms with Crippen LogP contribution in [-0.2, 0) is 11.3 Å². The van der Waals surface area contributed by atoms with Crippen molar-refractivity contribution < 1.29 is 4.74 Å². The molecule has 2 saturated heterocycles. The molecule has 1 aromatic heterocycles. The number of ether oxygens (including phenoxy) is 1. The summed E-state index contributed by atoms with van der Waals surface area (Å²) in [5, 5.41) is 7.96. The predicted octanol–water partition coefficient (Wildman–Crippen LogP) is 1.46. The minimum Gasteiger partial charge on any atom is -0.394 e. The van der Waals surface area contributed by atoms with Gasteiger partial charge >= 0.3 is 0 Å². The average molecular weight is 293 g/mol. The smallest absolute Gasteiger partial charge is 0.148 e. The summed E-state index contributed by atoms with van der Waals surface area (Å²) in [6, 6.07) is 0.652. The Balaban J connectivity index is 1.60. The highest BCUT2D eigenvalue weighted by atomic mass is 16.5. The standard InChI is InChI=1S/C15H27N5O/c1-3-6-20-15(14(16)11(2)18-20)17-8-13-9-19-7-4-5-12(19)10-21-13/h12-13,17H,3-10,16H2,1-2H3. The third-order valence-corrected chi connectivity index (χ3v) is 4.57. The summed E-state index contributed by atoms with van der Waals surface area (Å²) in [7, 11) is 0. The summed E-state index contributed by atoms with van der Waals surface area (Å²) in [4.78, 5) is 2.56. The lowest BCUT2D eigenvalue weighted by Crippen LogP contribution is -2.48. The first kappa shape index (κ1) is 14.7. The van der Waals surface area contributed by atoms with Crippen LogP contribution in [0.15, 0.2) is 0 Å². The molecular weight excluding hydrogens is 266 g/mol. The number of hydrogen-bond donors (Lipinski definition) is 2. The van der Waals surface area contributed by atoms with E-state index >= 15 is 0 Å². The minimum absolute atomic E-state index is 0.240. The number of nitrogen functional groups attached to an aromatic ring is 1. The zero-order chi connectivity index (χ0) is 14.8. The van der Waals surface area contributed by atoms with Crippen molar-refractivity contribution in [3.63, 3.8) is 0 Å². The van der Waals surface area contributed by atoms with Gasteiger partial charge in [-0.25, -0.2) is 4.68 Å². The quantitative estimate of drug-likeness (QED) is 0.860. The van der Waals surface area contributed by atoms with E-state index < -0.39 is 0 Å². The molecule has 0 aliphatic carbocycles. The maximum Gasteiger partial charge on any atom is 0.148 e. The molecule has 2 aliphatic rings. The van der Waals surface area contributed by atoms with E-state index in [1.807, 2.05) is 11.6 Å². The van der Waals surface area contributed by atoms with Crippen molar-refractivity contribution in [2.24, 2.45) is 0 Å². The normalized spacial score (nSPS) is 26.0. The van der Waals surface area contributed by atoms with Crippen LogP contribution in [0, 0.1) is 6.92 Å². The van der Waals surface area contributed by atoms with Gasteiger partial charge in [-0.15, -0.1) is 0 Å². The number of nitrogens with zero attached hydrogens (tertiary/aromatic N) is 3. The fourth-order valence-corrected chi connectivity index (χ4v) is 3.38. The Labute approximate surface area is 126 Å². The van der Waals surface area contributed by atoms with Crippen LogP contribution in [-0.4, -0.2) is 53.1 Å². The van der Waals surface area contributed by atoms with Gasteiger partial charge in [-0.3, -0.25) is 4.90 Å². The second kappa shape index (κ2) is 6.23. The van der Waals surface area contributed by atoms with E-state index in [9.17, 15) is 0 Å². The molecule has 3 heterocycles. The van der Waals surface area contributed by atoms with Gasteiger partial charge in [0, 0.05) is 25.7 Å². The van der Waals surface area contributed by atoms with Gasteiger partial charge in [0.25, 0.3) is 0 Å². The van der Waals surface area contributed by atoms with Crippen molar-refractivity contribution in [1.82, 2.24) is 14.7 Å². The first-order valence-electron chi connectivity index (χ1n) is 8.11. The predicted molar refractivity (Wildman–Crippen MR) is 84.5 cm³/mol. The Morgan fingerprint density at radius 1 is 1.48 bits per heavy atom. The Morgan fingerprint density at radius 2 is 2.33 bits per heavy atom. The summed E-state index contributed by atoms with van der Waals surface area (Å²) in [6.45, 7) is 8.91. The molecule has 0 bridgehead atoms. The average Bonchev–Trinajstić information content (AvgIpc) is 3.03. The Morgan fingerprint density at radius 3 is 3.14 bits per heavy atom. The number of nitrogens with one attached hydrogen (secondary N) is 1. The number of hydrogen-bond acceptors (Lipinski definition) is 5. The van der Waals surface area contributed by atoms with Crippen LogP contribution in [0.2, 0.25) is 0 Å². The topological polar surface area (TPSA) is 68.3 Å². The van der Waals surface area contributed by atoms with Gasteiger partial charge in [0.05, 0.1) is 24.1 Å². The minimum atomic E-state index is 0.240. The van der Waals surface area contributed by atoms with Crippen LogP contribution < -0.4 is 11.1 Å². The summed E-state index contributed by atoms with van der Waals surface area (Å²) >= 11 is 0. The molecule has 2 unspecified atom stereocenters. The monoisotopic (exact) mass is 293 g/mol. The number of morpholine rings is 1. The summed E-state index contributed by atoms with van der Waals surface area (Å²) in [5.74, 6) is 0.946. The van der Waals surface area contributed by atoms with Crippen molar-refractivity contribution in [3.05, 3.63) is 5.69 Å². The maximum absolute atomic E-state index is 6.14. The van der Waals surface area contributed by atoms with Gasteiger partial charge in [0.15, 0.2) is 0 Å². The highest BCUT2D eigenvalue weighted by molar-refractivity contribution is 5.64. The highest BCUT2D eigenvalue weighted by Crippen LogP contribution is 2.25. The van der Waals surface area contributed by atoms with Crippen molar-refractivity contribution in [2.45, 2.75) is 51.8 Å². The van der Waals surface area contributed by atoms with E-state index in [4.69, 9.17) is 10.5 Å². The van der Waals surface area contributed by atoms with Crippen LogP contribution in [0.1, 0.15) is 31.9 Å². The second-order valence-electron chi connectivity index (χ2n) is 6.20. The third kappa shape index (κ3) is 3.01. The molecule has 118 valence electrons. The molecule has 0 saturated carbocycles. The number of aromatic nitrogens is 2. The zero-order valence-electron chi connectivity index (χ0n) is 13.1. The van der Waals surface area contributed by atoms with E-state index in [1.54, 1.807) is 0 Å². The lowest BCUT2D eigenvalue weighted by Gasteiger charge is -2.35. The molecule has 2 aliphatic heterocycles. The van der Waals surface area contributed by atoms with Gasteiger partial charge in [0.2, 0.25) is 0 Å². The summed E-state index contributed by atoms with van der Waals surface area (Å²) in [6.07, 6.45) is 3.88. The first-order chi connectivity index (χ1) is 10.2. The van der Waals surface area contributed by atoms with Gasteiger partial charge in [-0.1, -0.05) is 6.92 Å². The molecule has 2 fully saturated rings. The molecule has 6 nitrogen and oxygen atoms in total. The second-order valence-corrected chi connectivity index (χ2v) is 6.20. The number of nitrogens with two attached hydrogens (primary N) is 1. The van der Waals surface area contributed by atoms with Crippen molar-refractivity contribution in [2.75, 3.05) is 37.3 Å². The molecule has 1 aromatic rings. The molecular formula is C15H27N5O. The van der Waals surface area contributed by atoms with Gasteiger partial charge in [-0.05, 0) is 32.7 Å². The van der Waals surface area contributed by atoms with Crippen LogP contribution in [0.3, 0.4) is 0 Å². The maximum atomic E-state index is 6.14. The van der Waals surface area contributed by atoms with Gasteiger partial charge < -0.3 is 15.8 Å². The van der Waals surface area contributed by atoms with E-state index in [2.05, 4.69) is 22.2 Å². The molecule has 0 amide bonds. The Hall–Kier alpha value is -1.27. The van der Waals surface area contributed by atoms with E-state index in [1.165, 1.54) is 19.4 Å². The van der Waals surface area contributed by atoms with Crippen molar-refractivity contribution in [3.8, 4) is 0 Å². The summed E-state index contributed by atoms with van der Waals surface area (Å²) in [5.41, 5.74) is 7.80. The SMILES string of the molecule is CCCn1nc(C)c(N)c1NCC1CN2CCCC2CO1. The molecule has 0 aromatic carbocycles. The third-order valence-electron chi connectivity index (χ3n) is 4.57. The fourth-order valence-electron chi connectivity index (χ4n) is 3.38. The van der Waals surface area contributed by atoms with Crippen LogP contribution in [0.25, 0.3) is 0 Å². The Kier molecular flexibility index (Phi) is 4.35. The van der Waals surface area contributed by atoms with E-state index in [0.717, 1.165) is 49.9 Å². The van der Waals surface area contributed by atoms with Gasteiger partial charge in [-0.2, -0.15) is 5.10 Å². The van der Waals surface area contributed by atoms with Crippen LogP contribution >= 0.6 is 0 Å². The zero-order valence-corrected chi connectivity index (χ0v) is 13.1. The highest BCUT2D eigenvalue weighted by Gasteiger charge is 2.32. The lowest BCUT2D eigenvalue weighted by atomic mass is 10.2. The van der Waals surface area contributed by atoms with Crippen LogP contribution in [0.5, 0.6) is 0 Å². The summed E-state index contributed by atoms with van der Waals surface area (Å²) < 4.78 is 7.96. The molecule has 2 atom stereocenters. The van der Waals surface area contributed by atoms with E-state index in [0.29, 0.717) is 6.04 Å². The fraction of sp³-hybridized carbons (Fsp3) is 0.800.